The van der Waals surface area contributed by atoms with Crippen LogP contribution in [0.4, 0.5) is 4.39 Å². The fourth-order valence-electron chi connectivity index (χ4n) is 2.27. The van der Waals surface area contributed by atoms with Gasteiger partial charge in [-0.1, -0.05) is 6.07 Å². The van der Waals surface area contributed by atoms with Gasteiger partial charge in [0.25, 0.3) is 0 Å². The molecule has 1 heterocycles. The molecule has 0 radical (unpaired) electrons. The van der Waals surface area contributed by atoms with E-state index in [4.69, 9.17) is 0 Å². The minimum Gasteiger partial charge on any atom is -0.508 e. The summed E-state index contributed by atoms with van der Waals surface area (Å²) in [6, 6.07) is 8.25. The Balaban J connectivity index is 2.04. The number of halogens is 1. The number of pyridine rings is 1. The largest absolute Gasteiger partial charge is 0.508 e. The van der Waals surface area contributed by atoms with Gasteiger partial charge in [0.1, 0.15) is 11.6 Å². The second kappa shape index (κ2) is 6.68. The smallest absolute Gasteiger partial charge is 0.123 e. The van der Waals surface area contributed by atoms with E-state index in [2.05, 4.69) is 16.8 Å². The van der Waals surface area contributed by atoms with Crippen molar-refractivity contribution in [1.29, 1.82) is 0 Å². The molecule has 1 atom stereocenters. The highest BCUT2D eigenvalue weighted by Gasteiger charge is 2.14. The van der Waals surface area contributed by atoms with Crippen molar-refractivity contribution in [2.45, 2.75) is 32.9 Å². The molecule has 0 amide bonds. The molecule has 2 aromatic rings. The van der Waals surface area contributed by atoms with Crippen LogP contribution in [0.15, 0.2) is 36.5 Å². The van der Waals surface area contributed by atoms with E-state index in [1.54, 1.807) is 6.20 Å². The van der Waals surface area contributed by atoms with E-state index < -0.39 is 0 Å². The maximum absolute atomic E-state index is 13.3. The van der Waals surface area contributed by atoms with Gasteiger partial charge in [0, 0.05) is 36.5 Å². The molecule has 3 nitrogen and oxygen atoms in total. The third-order valence-corrected chi connectivity index (χ3v) is 3.82. The molecule has 0 bridgehead atoms. The number of aromatic hydroxyl groups is 1. The number of rotatable bonds is 5. The normalized spacial score (nSPS) is 12.6. The molecule has 2 rings (SSSR count). The highest BCUT2D eigenvalue weighted by Crippen LogP contribution is 2.20. The van der Waals surface area contributed by atoms with Crippen LogP contribution in [0.5, 0.6) is 5.75 Å². The lowest BCUT2D eigenvalue weighted by molar-refractivity contribution is 0.243. The van der Waals surface area contributed by atoms with Crippen molar-refractivity contribution < 1.29 is 9.50 Å². The van der Waals surface area contributed by atoms with Crippen LogP contribution < -0.4 is 0 Å². The van der Waals surface area contributed by atoms with Gasteiger partial charge in [-0.3, -0.25) is 9.88 Å². The zero-order valence-electron chi connectivity index (χ0n) is 12.7. The lowest BCUT2D eigenvalue weighted by Gasteiger charge is -2.25. The number of hydrogen-bond donors (Lipinski definition) is 1. The number of nitrogens with zero attached hydrogens (tertiary/aromatic N) is 2. The van der Waals surface area contributed by atoms with Crippen molar-refractivity contribution in [2.75, 3.05) is 7.05 Å². The monoisotopic (exact) mass is 288 g/mol. The van der Waals surface area contributed by atoms with Crippen LogP contribution >= 0.6 is 0 Å². The van der Waals surface area contributed by atoms with Crippen LogP contribution in [0.1, 0.15) is 23.7 Å². The molecule has 0 aliphatic heterocycles. The second-order valence-corrected chi connectivity index (χ2v) is 5.51. The van der Waals surface area contributed by atoms with Gasteiger partial charge in [-0.15, -0.1) is 0 Å². The molecule has 0 saturated heterocycles. The number of phenols is 1. The van der Waals surface area contributed by atoms with E-state index in [-0.39, 0.29) is 17.6 Å². The van der Waals surface area contributed by atoms with Gasteiger partial charge in [0.05, 0.1) is 0 Å². The fraction of sp³-hybridized carbons (Fsp3) is 0.353. The molecule has 21 heavy (non-hydrogen) atoms. The first-order valence-electron chi connectivity index (χ1n) is 7.05. The van der Waals surface area contributed by atoms with Crippen molar-refractivity contribution in [2.24, 2.45) is 0 Å². The lowest BCUT2D eigenvalue weighted by atomic mass is 10.1. The highest BCUT2D eigenvalue weighted by molar-refractivity contribution is 5.32. The van der Waals surface area contributed by atoms with Gasteiger partial charge in [0.15, 0.2) is 0 Å². The van der Waals surface area contributed by atoms with Gasteiger partial charge >= 0.3 is 0 Å². The number of aryl methyl sites for hydroxylation is 1. The SMILES string of the molecule is Cc1cccnc1C[C@H](C)N(C)Cc1cc(F)ccc1O. The molecule has 0 unspecified atom stereocenters. The molecular weight excluding hydrogens is 267 g/mol. The first-order chi connectivity index (χ1) is 9.97. The number of hydrogen-bond acceptors (Lipinski definition) is 3. The minimum atomic E-state index is -0.329. The Hall–Kier alpha value is -1.94. The van der Waals surface area contributed by atoms with E-state index in [0.29, 0.717) is 12.1 Å². The van der Waals surface area contributed by atoms with E-state index >= 15 is 0 Å². The van der Waals surface area contributed by atoms with Gasteiger partial charge in [-0.25, -0.2) is 4.39 Å². The fourth-order valence-corrected chi connectivity index (χ4v) is 2.27. The first kappa shape index (κ1) is 15.4. The first-order valence-corrected chi connectivity index (χ1v) is 7.05. The molecular formula is C17H21FN2O. The van der Waals surface area contributed by atoms with Crippen LogP contribution in [0.25, 0.3) is 0 Å². The van der Waals surface area contributed by atoms with E-state index in [9.17, 15) is 9.50 Å². The summed E-state index contributed by atoms with van der Waals surface area (Å²) in [7, 11) is 1.97. The van der Waals surface area contributed by atoms with Gasteiger partial charge in [-0.05, 0) is 50.7 Å². The lowest BCUT2D eigenvalue weighted by Crippen LogP contribution is -2.31. The summed E-state index contributed by atoms with van der Waals surface area (Å²) in [5.74, 6) is -0.200. The Morgan fingerprint density at radius 1 is 1.33 bits per heavy atom. The zero-order valence-corrected chi connectivity index (χ0v) is 12.7. The molecule has 1 aromatic carbocycles. The number of benzene rings is 1. The summed E-state index contributed by atoms with van der Waals surface area (Å²) in [5, 5.41) is 9.79. The average molecular weight is 288 g/mol. The Kier molecular flexibility index (Phi) is 4.91. The zero-order chi connectivity index (χ0) is 15.4. The predicted molar refractivity (Wildman–Crippen MR) is 81.7 cm³/mol. The molecule has 1 N–H and O–H groups in total. The maximum Gasteiger partial charge on any atom is 0.123 e. The molecule has 0 aliphatic rings. The van der Waals surface area contributed by atoms with E-state index in [1.807, 2.05) is 26.1 Å². The Morgan fingerprint density at radius 3 is 2.81 bits per heavy atom. The van der Waals surface area contributed by atoms with Crippen LogP contribution in [-0.4, -0.2) is 28.1 Å². The highest BCUT2D eigenvalue weighted by atomic mass is 19.1. The third kappa shape index (κ3) is 4.02. The minimum absolute atomic E-state index is 0.129. The Labute approximate surface area is 125 Å². The average Bonchev–Trinajstić information content (AvgIpc) is 2.45. The predicted octanol–water partition coefficient (Wildman–Crippen LogP) is 3.30. The number of aromatic nitrogens is 1. The van der Waals surface area contributed by atoms with Crippen LogP contribution in [0.2, 0.25) is 0 Å². The summed E-state index contributed by atoms with van der Waals surface area (Å²) in [5.41, 5.74) is 2.84. The summed E-state index contributed by atoms with van der Waals surface area (Å²) in [4.78, 5) is 6.49. The van der Waals surface area contributed by atoms with E-state index in [0.717, 1.165) is 12.1 Å². The molecule has 0 fully saturated rings. The maximum atomic E-state index is 13.3. The second-order valence-electron chi connectivity index (χ2n) is 5.51. The standard InChI is InChI=1S/C17H21FN2O/c1-12-5-4-8-19-16(12)9-13(2)20(3)11-14-10-15(18)6-7-17(14)21/h4-8,10,13,21H,9,11H2,1-3H3/t13-/m0/s1. The molecule has 4 heteroatoms. The van der Waals surface area contributed by atoms with Gasteiger partial charge in [-0.2, -0.15) is 0 Å². The van der Waals surface area contributed by atoms with Crippen molar-refractivity contribution >= 4 is 0 Å². The van der Waals surface area contributed by atoms with Crippen molar-refractivity contribution in [3.63, 3.8) is 0 Å². The quantitative estimate of drug-likeness (QED) is 0.917. The third-order valence-electron chi connectivity index (χ3n) is 3.82. The number of likely N-dealkylation sites (N-methyl/N-ethyl adjacent to an activating group) is 1. The molecule has 0 saturated carbocycles. The van der Waals surface area contributed by atoms with Crippen LogP contribution in [0.3, 0.4) is 0 Å². The van der Waals surface area contributed by atoms with Gasteiger partial charge in [0.2, 0.25) is 0 Å². The number of phenolic OH excluding ortho intramolecular Hbond substituents is 1. The molecule has 0 spiro atoms. The van der Waals surface area contributed by atoms with Crippen LogP contribution in [0, 0.1) is 12.7 Å². The molecule has 112 valence electrons. The Bertz CT molecular complexity index is 615. The summed E-state index contributed by atoms with van der Waals surface area (Å²) in [6.07, 6.45) is 2.62. The summed E-state index contributed by atoms with van der Waals surface area (Å²) >= 11 is 0. The van der Waals surface area contributed by atoms with Crippen molar-refractivity contribution in [3.8, 4) is 5.75 Å². The Morgan fingerprint density at radius 2 is 2.10 bits per heavy atom. The molecule has 0 aliphatic carbocycles. The summed E-state index contributed by atoms with van der Waals surface area (Å²) in [6.45, 7) is 4.65. The van der Waals surface area contributed by atoms with Crippen LogP contribution in [-0.2, 0) is 13.0 Å². The summed E-state index contributed by atoms with van der Waals surface area (Å²) < 4.78 is 13.3. The molecule has 1 aromatic heterocycles. The van der Waals surface area contributed by atoms with E-state index in [1.165, 1.54) is 23.8 Å². The van der Waals surface area contributed by atoms with Crippen molar-refractivity contribution in [3.05, 3.63) is 59.2 Å². The van der Waals surface area contributed by atoms with Crippen molar-refractivity contribution in [1.82, 2.24) is 9.88 Å². The van der Waals surface area contributed by atoms with Gasteiger partial charge < -0.3 is 5.11 Å². The topological polar surface area (TPSA) is 36.4 Å².